The van der Waals surface area contributed by atoms with Gasteiger partial charge in [-0.15, -0.1) is 0 Å². The summed E-state index contributed by atoms with van der Waals surface area (Å²) in [7, 11) is 0. The minimum Gasteiger partial charge on any atom is -0.396 e. The average Bonchev–Trinajstić information content (AvgIpc) is 2.30. The van der Waals surface area contributed by atoms with Crippen LogP contribution in [0, 0.1) is 0 Å². The first-order chi connectivity index (χ1) is 7.81. The lowest BCUT2D eigenvalue weighted by Gasteiger charge is -2.06. The Morgan fingerprint density at radius 3 is 2.38 bits per heavy atom. The fourth-order valence-electron chi connectivity index (χ4n) is 1.68. The van der Waals surface area contributed by atoms with Crippen LogP contribution in [0.15, 0.2) is 12.2 Å². The van der Waals surface area contributed by atoms with Crippen LogP contribution in [-0.2, 0) is 0 Å². The van der Waals surface area contributed by atoms with Crippen LogP contribution in [0.5, 0.6) is 0 Å². The number of rotatable bonds is 11. The first-order valence-corrected chi connectivity index (χ1v) is 6.75. The number of allylic oxidation sites excluding steroid dienone is 2. The van der Waals surface area contributed by atoms with Gasteiger partial charge < -0.3 is 10.2 Å². The summed E-state index contributed by atoms with van der Waals surface area (Å²) in [5, 5.41) is 18.1. The van der Waals surface area contributed by atoms with E-state index < -0.39 is 0 Å². The molecule has 0 aliphatic heterocycles. The highest BCUT2D eigenvalue weighted by atomic mass is 16.3. The van der Waals surface area contributed by atoms with E-state index in [9.17, 15) is 5.11 Å². The Morgan fingerprint density at radius 1 is 0.938 bits per heavy atom. The molecule has 2 nitrogen and oxygen atoms in total. The molecule has 1 atom stereocenters. The Labute approximate surface area is 100 Å². The Kier molecular flexibility index (Phi) is 12.5. The van der Waals surface area contributed by atoms with Crippen molar-refractivity contribution in [2.75, 3.05) is 6.61 Å². The van der Waals surface area contributed by atoms with Gasteiger partial charge in [0.05, 0.1) is 6.10 Å². The van der Waals surface area contributed by atoms with Crippen molar-refractivity contribution in [3.63, 3.8) is 0 Å². The van der Waals surface area contributed by atoms with Crippen LogP contribution in [-0.4, -0.2) is 22.9 Å². The summed E-state index contributed by atoms with van der Waals surface area (Å²) in [6.45, 7) is 2.41. The quantitative estimate of drug-likeness (QED) is 0.420. The van der Waals surface area contributed by atoms with Gasteiger partial charge in [0.15, 0.2) is 0 Å². The summed E-state index contributed by atoms with van der Waals surface area (Å²) in [6.07, 6.45) is 13.8. The normalized spacial score (nSPS) is 13.4. The Hall–Kier alpha value is -0.340. The Balaban J connectivity index is 3.19. The van der Waals surface area contributed by atoms with E-state index in [2.05, 4.69) is 19.1 Å². The fraction of sp³-hybridized carbons (Fsp3) is 0.857. The van der Waals surface area contributed by atoms with E-state index in [4.69, 9.17) is 5.11 Å². The molecule has 0 fully saturated rings. The SMILES string of the molecule is CCCCCCC=CCCC(O)CCCO. The zero-order valence-electron chi connectivity index (χ0n) is 10.7. The van der Waals surface area contributed by atoms with E-state index in [0.29, 0.717) is 6.42 Å². The van der Waals surface area contributed by atoms with Crippen molar-refractivity contribution in [1.29, 1.82) is 0 Å². The van der Waals surface area contributed by atoms with Crippen LogP contribution >= 0.6 is 0 Å². The van der Waals surface area contributed by atoms with E-state index in [0.717, 1.165) is 19.3 Å². The molecule has 2 heteroatoms. The molecule has 0 aromatic carbocycles. The lowest BCUT2D eigenvalue weighted by atomic mass is 10.1. The number of unbranched alkanes of at least 4 members (excludes halogenated alkanes) is 4. The summed E-state index contributed by atoms with van der Waals surface area (Å²) in [5.41, 5.74) is 0. The van der Waals surface area contributed by atoms with E-state index >= 15 is 0 Å². The molecule has 16 heavy (non-hydrogen) atoms. The van der Waals surface area contributed by atoms with Crippen LogP contribution in [0.4, 0.5) is 0 Å². The third kappa shape index (κ3) is 11.7. The molecular weight excluding hydrogens is 200 g/mol. The molecule has 0 radical (unpaired) electrons. The maximum absolute atomic E-state index is 9.51. The highest BCUT2D eigenvalue weighted by molar-refractivity contribution is 4.82. The average molecular weight is 228 g/mol. The van der Waals surface area contributed by atoms with E-state index in [1.807, 2.05) is 0 Å². The van der Waals surface area contributed by atoms with Crippen LogP contribution in [0.3, 0.4) is 0 Å². The van der Waals surface area contributed by atoms with Gasteiger partial charge in [-0.2, -0.15) is 0 Å². The van der Waals surface area contributed by atoms with Gasteiger partial charge in [0.2, 0.25) is 0 Å². The van der Waals surface area contributed by atoms with Crippen molar-refractivity contribution in [3.05, 3.63) is 12.2 Å². The molecule has 0 aromatic rings. The molecule has 0 amide bonds. The summed E-state index contributed by atoms with van der Waals surface area (Å²) in [6, 6.07) is 0. The summed E-state index contributed by atoms with van der Waals surface area (Å²) in [5.74, 6) is 0. The van der Waals surface area contributed by atoms with Crippen LogP contribution in [0.1, 0.15) is 64.7 Å². The highest BCUT2D eigenvalue weighted by Gasteiger charge is 2.00. The summed E-state index contributed by atoms with van der Waals surface area (Å²) in [4.78, 5) is 0. The van der Waals surface area contributed by atoms with Gasteiger partial charge in [0.1, 0.15) is 0 Å². The van der Waals surface area contributed by atoms with Gasteiger partial charge in [0.25, 0.3) is 0 Å². The molecule has 0 heterocycles. The zero-order chi connectivity index (χ0) is 12.1. The minimum absolute atomic E-state index is 0.185. The molecule has 1 unspecified atom stereocenters. The first-order valence-electron chi connectivity index (χ1n) is 6.75. The third-order valence-corrected chi connectivity index (χ3v) is 2.75. The van der Waals surface area contributed by atoms with Gasteiger partial charge in [0, 0.05) is 6.61 Å². The molecule has 2 N–H and O–H groups in total. The molecule has 0 saturated carbocycles. The van der Waals surface area contributed by atoms with Crippen molar-refractivity contribution >= 4 is 0 Å². The highest BCUT2D eigenvalue weighted by Crippen LogP contribution is 2.07. The predicted octanol–water partition coefficient (Wildman–Crippen LogP) is 3.43. The molecule has 0 aliphatic rings. The van der Waals surface area contributed by atoms with Crippen molar-refractivity contribution in [2.24, 2.45) is 0 Å². The summed E-state index contributed by atoms with van der Waals surface area (Å²) >= 11 is 0. The first kappa shape index (κ1) is 15.7. The molecule has 0 saturated heterocycles. The second kappa shape index (κ2) is 12.7. The van der Waals surface area contributed by atoms with Crippen LogP contribution in [0.25, 0.3) is 0 Å². The lowest BCUT2D eigenvalue weighted by Crippen LogP contribution is -2.06. The lowest BCUT2D eigenvalue weighted by molar-refractivity contribution is 0.142. The fourth-order valence-corrected chi connectivity index (χ4v) is 1.68. The second-order valence-corrected chi connectivity index (χ2v) is 4.42. The van der Waals surface area contributed by atoms with E-state index in [-0.39, 0.29) is 12.7 Å². The number of hydrogen-bond donors (Lipinski definition) is 2. The molecule has 96 valence electrons. The van der Waals surface area contributed by atoms with Gasteiger partial charge in [-0.05, 0) is 38.5 Å². The van der Waals surface area contributed by atoms with Crippen LogP contribution in [0.2, 0.25) is 0 Å². The standard InChI is InChI=1S/C14H28O2/c1-2-3-4-5-6-7-8-9-11-14(16)12-10-13-15/h7-8,14-16H,2-6,9-13H2,1H3. The van der Waals surface area contributed by atoms with Gasteiger partial charge in [-0.25, -0.2) is 0 Å². The summed E-state index contributed by atoms with van der Waals surface area (Å²) < 4.78 is 0. The van der Waals surface area contributed by atoms with Crippen LogP contribution < -0.4 is 0 Å². The molecule has 0 aromatic heterocycles. The Bertz CT molecular complexity index is 155. The minimum atomic E-state index is -0.239. The number of aliphatic hydroxyl groups is 2. The van der Waals surface area contributed by atoms with Crippen molar-refractivity contribution in [2.45, 2.75) is 70.8 Å². The third-order valence-electron chi connectivity index (χ3n) is 2.75. The topological polar surface area (TPSA) is 40.5 Å². The number of hydrogen-bond acceptors (Lipinski definition) is 2. The predicted molar refractivity (Wildman–Crippen MR) is 69.5 cm³/mol. The molecule has 0 aliphatic carbocycles. The molecule has 0 rings (SSSR count). The number of aliphatic hydroxyl groups excluding tert-OH is 2. The van der Waals surface area contributed by atoms with E-state index in [1.165, 1.54) is 32.1 Å². The Morgan fingerprint density at radius 2 is 1.69 bits per heavy atom. The maximum atomic E-state index is 9.51. The van der Waals surface area contributed by atoms with Gasteiger partial charge >= 0.3 is 0 Å². The molecular formula is C14H28O2. The van der Waals surface area contributed by atoms with Crippen molar-refractivity contribution < 1.29 is 10.2 Å². The largest absolute Gasteiger partial charge is 0.396 e. The van der Waals surface area contributed by atoms with E-state index in [1.54, 1.807) is 0 Å². The zero-order valence-corrected chi connectivity index (χ0v) is 10.7. The van der Waals surface area contributed by atoms with Crippen molar-refractivity contribution in [1.82, 2.24) is 0 Å². The van der Waals surface area contributed by atoms with Gasteiger partial charge in [-0.1, -0.05) is 38.3 Å². The smallest absolute Gasteiger partial charge is 0.0544 e. The second-order valence-electron chi connectivity index (χ2n) is 4.42. The molecule has 0 bridgehead atoms. The monoisotopic (exact) mass is 228 g/mol. The van der Waals surface area contributed by atoms with Gasteiger partial charge in [-0.3, -0.25) is 0 Å². The molecule has 0 spiro atoms. The maximum Gasteiger partial charge on any atom is 0.0544 e. The van der Waals surface area contributed by atoms with Crippen molar-refractivity contribution in [3.8, 4) is 0 Å².